The molecule has 0 spiro atoms. The third kappa shape index (κ3) is 9.89. The van der Waals surface area contributed by atoms with Crippen molar-refractivity contribution in [2.45, 2.75) is 49.3 Å². The molecule has 2 saturated heterocycles. The van der Waals surface area contributed by atoms with Crippen molar-refractivity contribution in [1.82, 2.24) is 20.4 Å². The lowest BCUT2D eigenvalue weighted by atomic mass is 10.0. The Kier molecular flexibility index (Phi) is 14.3. The number of furan rings is 2. The molecule has 336 valence electrons. The molecule has 0 aliphatic carbocycles. The molecule has 6 amide bonds. The van der Waals surface area contributed by atoms with Gasteiger partial charge in [0.05, 0.1) is 12.5 Å². The van der Waals surface area contributed by atoms with E-state index in [1.165, 1.54) is 64.9 Å². The first-order chi connectivity index (χ1) is 30.1. The normalized spacial score (nSPS) is 21.7. The number of carbonyl (C=O) groups excluding carboxylic acids is 8. The Hall–Kier alpha value is -7.00. The van der Waals surface area contributed by atoms with E-state index in [2.05, 4.69) is 20.9 Å². The number of thioether (sulfide) groups is 2. The summed E-state index contributed by atoms with van der Waals surface area (Å²) in [5, 5.41) is 10.8. The summed E-state index contributed by atoms with van der Waals surface area (Å²) in [7, 11) is 2.43. The number of esters is 2. The second-order valence-electron chi connectivity index (χ2n) is 13.1. The van der Waals surface area contributed by atoms with E-state index in [9.17, 15) is 38.4 Å². The van der Waals surface area contributed by atoms with Crippen LogP contribution in [0.1, 0.15) is 25.4 Å². The number of fused-ring (bicyclic) bond motifs is 2. The standard InChI is InChI=1S/C36H38N8O17S2/c1-15(60-33(49)25-17(11-57-35(37)51)13-62-31-23(29(47)43(25)31)39-27(45)21(41-53-3)19-7-5-9-55-19)59-16(2)61-34(50)26-18(12-58-36(38)52)14-63-32-24(30(48)44(26)32)40-28(46)22(42-54-4)20-8-6-10-56-20/h5-10,15-16,23-24,31-32H,11-14H2,1-4H3,(H2,37,51)(H2,38,52)(H,39,45)(H,40,46)/b41-21-,42-22-/t15?,16?,23-,24+,31-,32+. The molecule has 6 heterocycles. The minimum Gasteiger partial charge on any atom is -0.462 e. The maximum atomic E-state index is 13.7. The Bertz CT molecular complexity index is 2120. The molecule has 0 saturated carbocycles. The maximum absolute atomic E-state index is 13.7. The molecule has 25 nitrogen and oxygen atoms in total. The van der Waals surface area contributed by atoms with E-state index in [-0.39, 0.29) is 57.0 Å². The van der Waals surface area contributed by atoms with Gasteiger partial charge in [0.15, 0.2) is 11.5 Å². The SMILES string of the molecule is CO/N=C(\C(=O)N[C@@H]1C(=O)N2C(C(=O)OC(C)OC(C)OC(=O)C3=C(COC(N)=O)CS[C@H]4[C@@H](NC(=O)/C(=N\OC)c5ccco5)C(=O)N34)=C(COC(N)=O)CS[C@H]12)c1ccco1. The van der Waals surface area contributed by atoms with Crippen molar-refractivity contribution in [3.8, 4) is 0 Å². The van der Waals surface area contributed by atoms with E-state index in [0.717, 1.165) is 33.3 Å². The zero-order valence-corrected chi connectivity index (χ0v) is 35.1. The fraction of sp³-hybridized carbons (Fsp3) is 0.389. The van der Waals surface area contributed by atoms with E-state index in [4.69, 9.17) is 53.7 Å². The van der Waals surface area contributed by atoms with Crippen molar-refractivity contribution in [3.05, 3.63) is 70.9 Å². The first-order valence-corrected chi connectivity index (χ1v) is 20.4. The van der Waals surface area contributed by atoms with Crippen LogP contribution in [0.3, 0.4) is 0 Å². The predicted octanol–water partition coefficient (Wildman–Crippen LogP) is -0.433. The molecular formula is C36H38N8O17S2. The van der Waals surface area contributed by atoms with Gasteiger partial charge < -0.3 is 64.3 Å². The van der Waals surface area contributed by atoms with Crippen molar-refractivity contribution in [2.75, 3.05) is 38.9 Å². The Labute approximate surface area is 363 Å². The van der Waals surface area contributed by atoms with Crippen LogP contribution in [0, 0.1) is 0 Å². The van der Waals surface area contributed by atoms with Crippen LogP contribution in [-0.2, 0) is 62.1 Å². The number of oxime groups is 2. The van der Waals surface area contributed by atoms with Gasteiger partial charge in [0.25, 0.3) is 23.6 Å². The molecular weight excluding hydrogens is 881 g/mol. The number of primary amides is 2. The summed E-state index contributed by atoms with van der Waals surface area (Å²) < 4.78 is 36.9. The number of nitrogens with two attached hydrogens (primary N) is 2. The number of carbonyl (C=O) groups is 8. The summed E-state index contributed by atoms with van der Waals surface area (Å²) in [5.41, 5.74) is 9.45. The highest BCUT2D eigenvalue weighted by molar-refractivity contribution is 8.00. The Morgan fingerprint density at radius 3 is 1.46 bits per heavy atom. The molecule has 0 bridgehead atoms. The minimum absolute atomic E-state index is 0.0286. The summed E-state index contributed by atoms with van der Waals surface area (Å²) in [6, 6.07) is 3.67. The van der Waals surface area contributed by atoms with Crippen molar-refractivity contribution < 1.29 is 80.6 Å². The second kappa shape index (κ2) is 19.8. The molecule has 4 aliphatic heterocycles. The number of β-lactam (4-membered cyclic amide) rings is 2. The Balaban J connectivity index is 1.12. The average molecular weight is 919 g/mol. The molecule has 6 rings (SSSR count). The predicted molar refractivity (Wildman–Crippen MR) is 212 cm³/mol. The highest BCUT2D eigenvalue weighted by Gasteiger charge is 2.56. The van der Waals surface area contributed by atoms with Crippen LogP contribution in [-0.4, -0.2) is 143 Å². The van der Waals surface area contributed by atoms with E-state index < -0.39 is 96.4 Å². The number of amides is 6. The molecule has 6 N–H and O–H groups in total. The summed E-state index contributed by atoms with van der Waals surface area (Å²) in [6.07, 6.45) is -2.64. The smallest absolute Gasteiger partial charge is 0.404 e. The molecule has 2 aromatic heterocycles. The van der Waals surface area contributed by atoms with Gasteiger partial charge >= 0.3 is 24.1 Å². The van der Waals surface area contributed by atoms with Crippen LogP contribution >= 0.6 is 23.5 Å². The van der Waals surface area contributed by atoms with Gasteiger partial charge in [-0.05, 0) is 38.1 Å². The van der Waals surface area contributed by atoms with Crippen LogP contribution in [0.5, 0.6) is 0 Å². The van der Waals surface area contributed by atoms with Crippen molar-refractivity contribution in [2.24, 2.45) is 21.8 Å². The van der Waals surface area contributed by atoms with Crippen molar-refractivity contribution in [3.63, 3.8) is 0 Å². The second-order valence-corrected chi connectivity index (χ2v) is 15.3. The number of nitrogens with zero attached hydrogens (tertiary/aromatic N) is 4. The topological polar surface area (TPSA) is 335 Å². The molecule has 2 aromatic rings. The molecule has 4 aliphatic rings. The number of rotatable bonds is 18. The monoisotopic (exact) mass is 918 g/mol. The van der Waals surface area contributed by atoms with Gasteiger partial charge in [-0.25, -0.2) is 19.2 Å². The Morgan fingerprint density at radius 2 is 1.13 bits per heavy atom. The van der Waals surface area contributed by atoms with Gasteiger partial charge in [-0.15, -0.1) is 23.5 Å². The summed E-state index contributed by atoms with van der Waals surface area (Å²) >= 11 is 2.28. The molecule has 2 unspecified atom stereocenters. The first-order valence-electron chi connectivity index (χ1n) is 18.3. The lowest BCUT2D eigenvalue weighted by Gasteiger charge is -2.49. The largest absolute Gasteiger partial charge is 0.462 e. The average Bonchev–Trinajstić information content (AvgIpc) is 3.99. The van der Waals surface area contributed by atoms with Gasteiger partial charge in [-0.2, -0.15) is 0 Å². The molecule has 2 fully saturated rings. The van der Waals surface area contributed by atoms with Gasteiger partial charge in [-0.3, -0.25) is 29.0 Å². The number of hydrogen-bond donors (Lipinski definition) is 4. The van der Waals surface area contributed by atoms with Gasteiger partial charge in [0.1, 0.15) is 61.7 Å². The maximum Gasteiger partial charge on any atom is 0.404 e. The molecule has 63 heavy (non-hydrogen) atoms. The third-order valence-corrected chi connectivity index (χ3v) is 11.7. The van der Waals surface area contributed by atoms with Crippen LogP contribution in [0.25, 0.3) is 0 Å². The lowest BCUT2D eigenvalue weighted by Crippen LogP contribution is -2.71. The van der Waals surface area contributed by atoms with E-state index in [1.54, 1.807) is 0 Å². The zero-order valence-electron chi connectivity index (χ0n) is 33.5. The van der Waals surface area contributed by atoms with Crippen molar-refractivity contribution >= 4 is 82.7 Å². The lowest BCUT2D eigenvalue weighted by molar-refractivity contribution is -0.225. The van der Waals surface area contributed by atoms with Gasteiger partial charge in [0.2, 0.25) is 24.0 Å². The molecule has 6 atom stereocenters. The van der Waals surface area contributed by atoms with E-state index in [1.807, 2.05) is 0 Å². The van der Waals surface area contributed by atoms with E-state index in [0.29, 0.717) is 0 Å². The van der Waals surface area contributed by atoms with Crippen LogP contribution in [0.15, 0.2) is 78.5 Å². The summed E-state index contributed by atoms with van der Waals surface area (Å²) in [6.45, 7) is 1.57. The number of nitrogens with one attached hydrogen (secondary N) is 2. The van der Waals surface area contributed by atoms with Gasteiger partial charge in [-0.1, -0.05) is 10.3 Å². The number of hydrogen-bond acceptors (Lipinski definition) is 21. The quantitative estimate of drug-likeness (QED) is 0.0368. The fourth-order valence-corrected chi connectivity index (χ4v) is 9.10. The fourth-order valence-electron chi connectivity index (χ4n) is 6.45. The molecule has 0 radical (unpaired) electrons. The van der Waals surface area contributed by atoms with Crippen LogP contribution in [0.4, 0.5) is 9.59 Å². The molecule has 0 aromatic carbocycles. The molecule has 27 heteroatoms. The third-order valence-electron chi connectivity index (χ3n) is 9.07. The Morgan fingerprint density at radius 1 is 0.730 bits per heavy atom. The van der Waals surface area contributed by atoms with Crippen LogP contribution in [0.2, 0.25) is 0 Å². The summed E-state index contributed by atoms with van der Waals surface area (Å²) in [4.78, 5) is 115. The summed E-state index contributed by atoms with van der Waals surface area (Å²) in [5.74, 6) is -5.12. The minimum atomic E-state index is -1.48. The van der Waals surface area contributed by atoms with Crippen LogP contribution < -0.4 is 22.1 Å². The first kappa shape index (κ1) is 45.5. The zero-order chi connectivity index (χ0) is 45.5. The van der Waals surface area contributed by atoms with Crippen molar-refractivity contribution in [1.29, 1.82) is 0 Å². The van der Waals surface area contributed by atoms with Gasteiger partial charge in [0, 0.05) is 22.7 Å². The highest BCUT2D eigenvalue weighted by Crippen LogP contribution is 2.42. The number of ether oxygens (including phenoxy) is 5. The highest BCUT2D eigenvalue weighted by atomic mass is 32.2. The van der Waals surface area contributed by atoms with E-state index >= 15 is 0 Å².